The van der Waals surface area contributed by atoms with Gasteiger partial charge in [-0.3, -0.25) is 0 Å². The van der Waals surface area contributed by atoms with Crippen molar-refractivity contribution in [1.29, 1.82) is 0 Å². The molecule has 19 heavy (non-hydrogen) atoms. The Morgan fingerprint density at radius 2 is 2.00 bits per heavy atom. The Kier molecular flexibility index (Phi) is 5.16. The minimum Gasteiger partial charge on any atom is -0.478 e. The van der Waals surface area contributed by atoms with Gasteiger partial charge in [0.15, 0.2) is 0 Å². The van der Waals surface area contributed by atoms with Gasteiger partial charge in [-0.1, -0.05) is 0 Å². The van der Waals surface area contributed by atoms with E-state index in [4.69, 9.17) is 9.84 Å². The zero-order valence-electron chi connectivity index (χ0n) is 11.0. The van der Waals surface area contributed by atoms with Gasteiger partial charge < -0.3 is 15.2 Å². The zero-order valence-corrected chi connectivity index (χ0v) is 13.1. The maximum atomic E-state index is 11.5. The van der Waals surface area contributed by atoms with E-state index in [1.54, 1.807) is 32.9 Å². The average molecular weight is 377 g/mol. The summed E-state index contributed by atoms with van der Waals surface area (Å²) >= 11 is 2.09. The van der Waals surface area contributed by atoms with Crippen LogP contribution < -0.4 is 5.32 Å². The van der Waals surface area contributed by atoms with Crippen LogP contribution in [0.5, 0.6) is 0 Å². The van der Waals surface area contributed by atoms with E-state index in [1.807, 2.05) is 0 Å². The normalized spacial score (nSPS) is 10.9. The van der Waals surface area contributed by atoms with Crippen LogP contribution in [0.25, 0.3) is 0 Å². The number of ether oxygens (including phenoxy) is 1. The molecule has 0 heterocycles. The molecule has 0 radical (unpaired) electrons. The van der Waals surface area contributed by atoms with Crippen molar-refractivity contribution >= 4 is 34.7 Å². The second kappa shape index (κ2) is 6.23. The summed E-state index contributed by atoms with van der Waals surface area (Å²) in [6, 6.07) is 4.78. The van der Waals surface area contributed by atoms with Crippen molar-refractivity contribution in [1.82, 2.24) is 5.32 Å². The zero-order chi connectivity index (χ0) is 14.6. The number of hydrogen-bond donors (Lipinski definition) is 2. The molecular formula is C13H16INO4. The molecule has 5 nitrogen and oxygen atoms in total. The predicted molar refractivity (Wildman–Crippen MR) is 79.2 cm³/mol. The standard InChI is InChI=1S/C13H16INO4/c1-13(2,3)19-12(18)15-7-9-6-8(11(16)17)4-5-10(9)14/h4-6H,7H2,1-3H3,(H,15,18)(H,16,17). The van der Waals surface area contributed by atoms with Crippen molar-refractivity contribution in [3.8, 4) is 0 Å². The van der Waals surface area contributed by atoms with Gasteiger partial charge in [0.2, 0.25) is 0 Å². The lowest BCUT2D eigenvalue weighted by molar-refractivity contribution is 0.0523. The molecule has 1 rings (SSSR count). The van der Waals surface area contributed by atoms with E-state index in [2.05, 4.69) is 27.9 Å². The monoisotopic (exact) mass is 377 g/mol. The molecule has 0 aliphatic heterocycles. The van der Waals surface area contributed by atoms with E-state index >= 15 is 0 Å². The van der Waals surface area contributed by atoms with E-state index in [0.29, 0.717) is 0 Å². The fourth-order valence-corrected chi connectivity index (χ4v) is 1.85. The topological polar surface area (TPSA) is 75.6 Å². The van der Waals surface area contributed by atoms with Gasteiger partial charge in [-0.25, -0.2) is 9.59 Å². The molecule has 0 fully saturated rings. The first-order valence-electron chi connectivity index (χ1n) is 5.67. The van der Waals surface area contributed by atoms with Crippen LogP contribution in [-0.2, 0) is 11.3 Å². The molecule has 0 atom stereocenters. The summed E-state index contributed by atoms with van der Waals surface area (Å²) in [4.78, 5) is 22.4. The SMILES string of the molecule is CC(C)(C)OC(=O)NCc1cc(C(=O)O)ccc1I. The minimum absolute atomic E-state index is 0.196. The van der Waals surface area contributed by atoms with E-state index in [1.165, 1.54) is 6.07 Å². The molecule has 0 saturated carbocycles. The van der Waals surface area contributed by atoms with E-state index in [-0.39, 0.29) is 12.1 Å². The molecule has 104 valence electrons. The number of hydrogen-bond acceptors (Lipinski definition) is 3. The number of amides is 1. The summed E-state index contributed by atoms with van der Waals surface area (Å²) in [6.07, 6.45) is -0.524. The molecule has 1 aromatic rings. The number of aromatic carboxylic acids is 1. The number of alkyl carbamates (subject to hydrolysis) is 1. The second-order valence-corrected chi connectivity index (χ2v) is 6.13. The van der Waals surface area contributed by atoms with Crippen molar-refractivity contribution in [2.24, 2.45) is 0 Å². The lowest BCUT2D eigenvalue weighted by Crippen LogP contribution is -2.32. The van der Waals surface area contributed by atoms with E-state index in [9.17, 15) is 9.59 Å². The maximum Gasteiger partial charge on any atom is 0.407 e. The maximum absolute atomic E-state index is 11.5. The van der Waals surface area contributed by atoms with E-state index < -0.39 is 17.7 Å². The summed E-state index contributed by atoms with van der Waals surface area (Å²) in [7, 11) is 0. The third kappa shape index (κ3) is 5.46. The van der Waals surface area contributed by atoms with Crippen molar-refractivity contribution in [3.63, 3.8) is 0 Å². The van der Waals surface area contributed by atoms with Gasteiger partial charge >= 0.3 is 12.1 Å². The van der Waals surface area contributed by atoms with Crippen LogP contribution in [0.15, 0.2) is 18.2 Å². The van der Waals surface area contributed by atoms with Crippen LogP contribution in [-0.4, -0.2) is 22.8 Å². The van der Waals surface area contributed by atoms with Crippen LogP contribution in [0, 0.1) is 3.57 Å². The summed E-state index contributed by atoms with van der Waals surface area (Å²) in [6.45, 7) is 5.57. The van der Waals surface area contributed by atoms with Crippen molar-refractivity contribution in [2.45, 2.75) is 32.9 Å². The summed E-state index contributed by atoms with van der Waals surface area (Å²) in [5.74, 6) is -0.991. The molecule has 1 amide bonds. The molecule has 0 aliphatic rings. The number of rotatable bonds is 3. The highest BCUT2D eigenvalue weighted by molar-refractivity contribution is 14.1. The summed E-state index contributed by atoms with van der Waals surface area (Å²) < 4.78 is 6.00. The molecule has 0 saturated heterocycles. The minimum atomic E-state index is -0.991. The van der Waals surface area contributed by atoms with Gasteiger partial charge in [0, 0.05) is 10.1 Å². The van der Waals surface area contributed by atoms with Gasteiger partial charge in [0.25, 0.3) is 0 Å². The Bertz CT molecular complexity index is 494. The molecule has 2 N–H and O–H groups in total. The molecule has 0 aromatic heterocycles. The molecule has 0 spiro atoms. The third-order valence-corrected chi connectivity index (χ3v) is 3.17. The molecule has 0 bridgehead atoms. The van der Waals surface area contributed by atoms with Gasteiger partial charge in [-0.05, 0) is 67.1 Å². The van der Waals surface area contributed by atoms with Crippen LogP contribution in [0.4, 0.5) is 4.79 Å². The van der Waals surface area contributed by atoms with Gasteiger partial charge in [-0.15, -0.1) is 0 Å². The first-order chi connectivity index (χ1) is 8.69. The van der Waals surface area contributed by atoms with Gasteiger partial charge in [-0.2, -0.15) is 0 Å². The van der Waals surface area contributed by atoms with Crippen molar-refractivity contribution in [2.75, 3.05) is 0 Å². The lowest BCUT2D eigenvalue weighted by Gasteiger charge is -2.19. The first kappa shape index (κ1) is 15.7. The average Bonchev–Trinajstić information content (AvgIpc) is 2.25. The fraction of sp³-hybridized carbons (Fsp3) is 0.385. The van der Waals surface area contributed by atoms with Crippen LogP contribution in [0.3, 0.4) is 0 Å². The van der Waals surface area contributed by atoms with E-state index in [0.717, 1.165) is 9.13 Å². The van der Waals surface area contributed by atoms with Gasteiger partial charge in [0.05, 0.1) is 5.56 Å². The number of carboxylic acid groups (broad SMARTS) is 1. The Labute approximate surface area is 125 Å². The highest BCUT2D eigenvalue weighted by Gasteiger charge is 2.16. The fourth-order valence-electron chi connectivity index (χ4n) is 1.32. The quantitative estimate of drug-likeness (QED) is 0.795. The van der Waals surface area contributed by atoms with Crippen LogP contribution in [0.1, 0.15) is 36.7 Å². The van der Waals surface area contributed by atoms with Gasteiger partial charge in [0.1, 0.15) is 5.60 Å². The summed E-state index contributed by atoms with van der Waals surface area (Å²) in [5, 5.41) is 11.5. The molecular weight excluding hydrogens is 361 g/mol. The molecule has 6 heteroatoms. The van der Waals surface area contributed by atoms with Crippen LogP contribution in [0.2, 0.25) is 0 Å². The highest BCUT2D eigenvalue weighted by atomic mass is 127. The Morgan fingerprint density at radius 3 is 2.53 bits per heavy atom. The number of carboxylic acids is 1. The number of benzene rings is 1. The predicted octanol–water partition coefficient (Wildman–Crippen LogP) is 3.01. The highest BCUT2D eigenvalue weighted by Crippen LogP contribution is 2.15. The number of carbonyl (C=O) groups is 2. The Hall–Kier alpha value is -1.31. The molecule has 0 unspecified atom stereocenters. The second-order valence-electron chi connectivity index (χ2n) is 4.97. The summed E-state index contributed by atoms with van der Waals surface area (Å²) in [5.41, 5.74) is 0.382. The lowest BCUT2D eigenvalue weighted by atomic mass is 10.1. The van der Waals surface area contributed by atoms with Crippen molar-refractivity contribution in [3.05, 3.63) is 32.9 Å². The first-order valence-corrected chi connectivity index (χ1v) is 6.75. The van der Waals surface area contributed by atoms with Crippen LogP contribution >= 0.6 is 22.6 Å². The smallest absolute Gasteiger partial charge is 0.407 e. The Balaban J connectivity index is 2.70. The van der Waals surface area contributed by atoms with Crippen molar-refractivity contribution < 1.29 is 19.4 Å². The number of carbonyl (C=O) groups excluding carboxylic acids is 1. The Morgan fingerprint density at radius 1 is 1.37 bits per heavy atom. The molecule has 1 aromatic carbocycles. The number of nitrogens with one attached hydrogen (secondary N) is 1. The molecule has 0 aliphatic carbocycles. The number of halogens is 1. The third-order valence-electron chi connectivity index (χ3n) is 2.11. The largest absolute Gasteiger partial charge is 0.478 e.